The number of H-pyrrole nitrogens is 1. The second kappa shape index (κ2) is 5.57. The van der Waals surface area contributed by atoms with Gasteiger partial charge >= 0.3 is 0 Å². The van der Waals surface area contributed by atoms with Crippen LogP contribution < -0.4 is 5.73 Å². The van der Waals surface area contributed by atoms with Gasteiger partial charge in [-0.25, -0.2) is 4.98 Å². The van der Waals surface area contributed by atoms with Crippen LogP contribution in [0.3, 0.4) is 0 Å². The second-order valence-corrected chi connectivity index (χ2v) is 5.33. The van der Waals surface area contributed by atoms with Crippen LogP contribution >= 0.6 is 0 Å². The van der Waals surface area contributed by atoms with Crippen molar-refractivity contribution in [1.29, 1.82) is 0 Å². The maximum atomic E-state index is 5.74. The van der Waals surface area contributed by atoms with Gasteiger partial charge in [0, 0.05) is 6.54 Å². The lowest BCUT2D eigenvalue weighted by Gasteiger charge is -2.11. The molecule has 0 atom stereocenters. The molecule has 19 heavy (non-hydrogen) atoms. The standard InChI is InChI=1S/C16H23N3/c1-10-7-11(2)14(12(3)8-10)5-6-15-16(9-17)19-13(4)18-15/h7-8H,5-6,9,17H2,1-4H3,(H,18,19). The second-order valence-electron chi connectivity index (χ2n) is 5.33. The summed E-state index contributed by atoms with van der Waals surface area (Å²) in [7, 11) is 0. The first-order chi connectivity index (χ1) is 9.01. The molecule has 0 aliphatic rings. The van der Waals surface area contributed by atoms with Crippen molar-refractivity contribution in [2.75, 3.05) is 0 Å². The highest BCUT2D eigenvalue weighted by Gasteiger charge is 2.09. The van der Waals surface area contributed by atoms with E-state index in [4.69, 9.17) is 5.73 Å². The van der Waals surface area contributed by atoms with Gasteiger partial charge in [0.15, 0.2) is 0 Å². The van der Waals surface area contributed by atoms with Crippen LogP contribution in [0.25, 0.3) is 0 Å². The van der Waals surface area contributed by atoms with Crippen LogP contribution in [-0.2, 0) is 19.4 Å². The maximum Gasteiger partial charge on any atom is 0.103 e. The highest BCUT2D eigenvalue weighted by molar-refractivity contribution is 5.38. The van der Waals surface area contributed by atoms with Crippen molar-refractivity contribution in [2.45, 2.75) is 47.1 Å². The van der Waals surface area contributed by atoms with Crippen molar-refractivity contribution in [3.05, 3.63) is 51.6 Å². The number of aromatic amines is 1. The van der Waals surface area contributed by atoms with E-state index in [9.17, 15) is 0 Å². The molecule has 2 aromatic rings. The molecule has 3 N–H and O–H groups in total. The van der Waals surface area contributed by atoms with Crippen LogP contribution in [0.4, 0.5) is 0 Å². The molecule has 2 rings (SSSR count). The van der Waals surface area contributed by atoms with Crippen LogP contribution in [0.15, 0.2) is 12.1 Å². The van der Waals surface area contributed by atoms with E-state index < -0.39 is 0 Å². The molecular formula is C16H23N3. The fourth-order valence-electron chi connectivity index (χ4n) is 2.81. The Hall–Kier alpha value is -1.61. The zero-order valence-corrected chi connectivity index (χ0v) is 12.3. The Kier molecular flexibility index (Phi) is 4.05. The Balaban J connectivity index is 2.19. The maximum absolute atomic E-state index is 5.74. The largest absolute Gasteiger partial charge is 0.345 e. The minimum absolute atomic E-state index is 0.530. The SMILES string of the molecule is Cc1cc(C)c(CCc2nc(C)[nH]c2CN)c(C)c1. The number of nitrogens with two attached hydrogens (primary N) is 1. The number of aromatic nitrogens is 2. The Morgan fingerprint density at radius 1 is 1.05 bits per heavy atom. The number of nitrogens with one attached hydrogen (secondary N) is 1. The third-order valence-corrected chi connectivity index (χ3v) is 3.64. The lowest BCUT2D eigenvalue weighted by molar-refractivity contribution is 0.873. The Morgan fingerprint density at radius 3 is 2.26 bits per heavy atom. The highest BCUT2D eigenvalue weighted by Crippen LogP contribution is 2.19. The molecule has 102 valence electrons. The molecule has 0 fully saturated rings. The van der Waals surface area contributed by atoms with Gasteiger partial charge in [0.05, 0.1) is 11.4 Å². The molecule has 3 nitrogen and oxygen atoms in total. The highest BCUT2D eigenvalue weighted by atomic mass is 14.9. The number of aryl methyl sites for hydroxylation is 5. The molecule has 1 aromatic carbocycles. The monoisotopic (exact) mass is 257 g/mol. The van der Waals surface area contributed by atoms with Gasteiger partial charge in [-0.1, -0.05) is 17.7 Å². The van der Waals surface area contributed by atoms with Gasteiger partial charge < -0.3 is 10.7 Å². The van der Waals surface area contributed by atoms with E-state index in [-0.39, 0.29) is 0 Å². The average Bonchev–Trinajstić information content (AvgIpc) is 2.68. The van der Waals surface area contributed by atoms with Crippen LogP contribution in [0.1, 0.15) is 39.5 Å². The lowest BCUT2D eigenvalue weighted by atomic mass is 9.95. The number of imidazole rings is 1. The summed E-state index contributed by atoms with van der Waals surface area (Å²) in [5.41, 5.74) is 13.4. The van der Waals surface area contributed by atoms with Gasteiger partial charge in [-0.2, -0.15) is 0 Å². The summed E-state index contributed by atoms with van der Waals surface area (Å²) in [6.45, 7) is 9.03. The number of hydrogen-bond donors (Lipinski definition) is 2. The molecular weight excluding hydrogens is 234 g/mol. The summed E-state index contributed by atoms with van der Waals surface area (Å²) in [5, 5.41) is 0. The lowest BCUT2D eigenvalue weighted by Crippen LogP contribution is -2.04. The number of nitrogens with zero attached hydrogens (tertiary/aromatic N) is 1. The normalized spacial score (nSPS) is 11.0. The van der Waals surface area contributed by atoms with Crippen molar-refractivity contribution >= 4 is 0 Å². The zero-order valence-electron chi connectivity index (χ0n) is 12.3. The van der Waals surface area contributed by atoms with Crippen LogP contribution in [0.5, 0.6) is 0 Å². The van der Waals surface area contributed by atoms with E-state index in [1.54, 1.807) is 0 Å². The topological polar surface area (TPSA) is 54.7 Å². The number of rotatable bonds is 4. The molecule has 0 radical (unpaired) electrons. The minimum Gasteiger partial charge on any atom is -0.345 e. The van der Waals surface area contributed by atoms with Crippen molar-refractivity contribution in [3.63, 3.8) is 0 Å². The van der Waals surface area contributed by atoms with E-state index in [1.165, 1.54) is 22.3 Å². The minimum atomic E-state index is 0.530. The van der Waals surface area contributed by atoms with Crippen LogP contribution in [0.2, 0.25) is 0 Å². The van der Waals surface area contributed by atoms with Crippen LogP contribution in [0, 0.1) is 27.7 Å². The quantitative estimate of drug-likeness (QED) is 0.885. The predicted octanol–water partition coefficient (Wildman–Crippen LogP) is 2.89. The van der Waals surface area contributed by atoms with E-state index >= 15 is 0 Å². The summed E-state index contributed by atoms with van der Waals surface area (Å²) in [6, 6.07) is 4.50. The number of hydrogen-bond acceptors (Lipinski definition) is 2. The molecule has 1 heterocycles. The molecule has 0 spiro atoms. The third kappa shape index (κ3) is 3.04. The summed E-state index contributed by atoms with van der Waals surface area (Å²) >= 11 is 0. The fraction of sp³-hybridized carbons (Fsp3) is 0.438. The Morgan fingerprint density at radius 2 is 1.68 bits per heavy atom. The molecule has 3 heteroatoms. The molecule has 1 aromatic heterocycles. The molecule has 0 saturated heterocycles. The zero-order chi connectivity index (χ0) is 14.0. The summed E-state index contributed by atoms with van der Waals surface area (Å²) in [6.07, 6.45) is 1.97. The molecule has 0 aliphatic carbocycles. The summed E-state index contributed by atoms with van der Waals surface area (Å²) in [5.74, 6) is 0.952. The summed E-state index contributed by atoms with van der Waals surface area (Å²) < 4.78 is 0. The predicted molar refractivity (Wildman–Crippen MR) is 79.3 cm³/mol. The smallest absolute Gasteiger partial charge is 0.103 e. The van der Waals surface area contributed by atoms with E-state index in [0.717, 1.165) is 30.1 Å². The molecule has 0 bridgehead atoms. The molecule has 0 amide bonds. The first-order valence-electron chi connectivity index (χ1n) is 6.82. The first kappa shape index (κ1) is 13.8. The van der Waals surface area contributed by atoms with Crippen molar-refractivity contribution in [3.8, 4) is 0 Å². The Labute approximate surface area is 115 Å². The van der Waals surface area contributed by atoms with Gasteiger partial charge in [-0.05, 0) is 57.2 Å². The van der Waals surface area contributed by atoms with E-state index in [0.29, 0.717) is 6.54 Å². The average molecular weight is 257 g/mol. The van der Waals surface area contributed by atoms with E-state index in [2.05, 4.69) is 42.9 Å². The van der Waals surface area contributed by atoms with Gasteiger partial charge in [0.2, 0.25) is 0 Å². The summed E-state index contributed by atoms with van der Waals surface area (Å²) in [4.78, 5) is 7.77. The van der Waals surface area contributed by atoms with Crippen molar-refractivity contribution < 1.29 is 0 Å². The fourth-order valence-corrected chi connectivity index (χ4v) is 2.81. The number of benzene rings is 1. The molecule has 0 aliphatic heterocycles. The van der Waals surface area contributed by atoms with Gasteiger partial charge in [0.25, 0.3) is 0 Å². The first-order valence-corrected chi connectivity index (χ1v) is 6.82. The molecule has 0 saturated carbocycles. The van der Waals surface area contributed by atoms with Gasteiger partial charge in [0.1, 0.15) is 5.82 Å². The van der Waals surface area contributed by atoms with E-state index in [1.807, 2.05) is 6.92 Å². The van der Waals surface area contributed by atoms with Gasteiger partial charge in [-0.3, -0.25) is 0 Å². The third-order valence-electron chi connectivity index (χ3n) is 3.64. The Bertz CT molecular complexity index is 559. The van der Waals surface area contributed by atoms with Crippen molar-refractivity contribution in [1.82, 2.24) is 9.97 Å². The van der Waals surface area contributed by atoms with Gasteiger partial charge in [-0.15, -0.1) is 0 Å². The van der Waals surface area contributed by atoms with Crippen molar-refractivity contribution in [2.24, 2.45) is 5.73 Å². The van der Waals surface area contributed by atoms with Crippen LogP contribution in [-0.4, -0.2) is 9.97 Å². The molecule has 0 unspecified atom stereocenters.